The maximum atomic E-state index is 13.1. The van der Waals surface area contributed by atoms with Crippen LogP contribution in [0.1, 0.15) is 46.0 Å². The Kier molecular flexibility index (Phi) is 5.26. The Hall–Kier alpha value is -1.20. The minimum absolute atomic E-state index is 0.123. The lowest BCUT2D eigenvalue weighted by Gasteiger charge is -2.34. The van der Waals surface area contributed by atoms with Crippen LogP contribution in [0.2, 0.25) is 0 Å². The van der Waals surface area contributed by atoms with E-state index in [-0.39, 0.29) is 38.0 Å². The molecule has 0 heterocycles. The fourth-order valence-electron chi connectivity index (χ4n) is 2.57. The molecule has 0 aromatic rings. The number of alkyl halides is 2. The molecule has 0 radical (unpaired) electrons. The summed E-state index contributed by atoms with van der Waals surface area (Å²) in [6.07, 6.45) is -0.269. The molecule has 0 aromatic heterocycles. The molecule has 1 rings (SSSR count). The Balaban J connectivity index is 2.61. The third kappa shape index (κ3) is 4.44. The quantitative estimate of drug-likeness (QED) is 0.840. The molecule has 1 fully saturated rings. The molecule has 0 bridgehead atoms. The average Bonchev–Trinajstić information content (AvgIpc) is 2.28. The van der Waals surface area contributed by atoms with Crippen LogP contribution in [0.3, 0.4) is 0 Å². The molecule has 4 nitrogen and oxygen atoms in total. The van der Waals surface area contributed by atoms with Crippen molar-refractivity contribution < 1.29 is 23.5 Å². The highest BCUT2D eigenvalue weighted by Crippen LogP contribution is 2.37. The van der Waals surface area contributed by atoms with Crippen LogP contribution in [-0.2, 0) is 9.59 Å². The molecule has 1 aliphatic carbocycles. The van der Waals surface area contributed by atoms with Crippen molar-refractivity contribution >= 4 is 11.9 Å². The van der Waals surface area contributed by atoms with Gasteiger partial charge in [-0.3, -0.25) is 9.59 Å². The van der Waals surface area contributed by atoms with Gasteiger partial charge in [0.05, 0.1) is 6.42 Å². The van der Waals surface area contributed by atoms with Crippen molar-refractivity contribution in [1.29, 1.82) is 0 Å². The monoisotopic (exact) mass is 277 g/mol. The van der Waals surface area contributed by atoms with E-state index in [2.05, 4.69) is 0 Å². The van der Waals surface area contributed by atoms with Gasteiger partial charge in [-0.2, -0.15) is 0 Å². The number of carbonyl (C=O) groups excluding carboxylic acids is 1. The van der Waals surface area contributed by atoms with E-state index in [0.29, 0.717) is 6.54 Å². The molecule has 1 aliphatic rings. The van der Waals surface area contributed by atoms with E-state index < -0.39 is 23.9 Å². The van der Waals surface area contributed by atoms with Crippen LogP contribution >= 0.6 is 0 Å². The zero-order chi connectivity index (χ0) is 14.6. The van der Waals surface area contributed by atoms with Gasteiger partial charge in [0.2, 0.25) is 11.8 Å². The van der Waals surface area contributed by atoms with Gasteiger partial charge in [-0.1, -0.05) is 0 Å². The molecule has 1 atom stereocenters. The predicted molar refractivity (Wildman–Crippen MR) is 66.0 cm³/mol. The van der Waals surface area contributed by atoms with Gasteiger partial charge in [-0.25, -0.2) is 8.78 Å². The van der Waals surface area contributed by atoms with Crippen LogP contribution < -0.4 is 0 Å². The topological polar surface area (TPSA) is 57.6 Å². The standard InChI is InChI=1S/C13H21F2NO3/c1-3-16(9(2)8-11(17)18)12(19)10-4-6-13(14,15)7-5-10/h9-10H,3-8H2,1-2H3,(H,17,18). The number of carboxylic acid groups (broad SMARTS) is 1. The van der Waals surface area contributed by atoms with Crippen molar-refractivity contribution in [2.24, 2.45) is 5.92 Å². The number of carboxylic acids is 1. The van der Waals surface area contributed by atoms with Gasteiger partial charge >= 0.3 is 5.97 Å². The van der Waals surface area contributed by atoms with Gasteiger partial charge in [-0.15, -0.1) is 0 Å². The summed E-state index contributed by atoms with van der Waals surface area (Å²) in [5.41, 5.74) is 0. The summed E-state index contributed by atoms with van der Waals surface area (Å²) in [6, 6.07) is -0.405. The lowest BCUT2D eigenvalue weighted by atomic mass is 9.85. The zero-order valence-corrected chi connectivity index (χ0v) is 11.4. The van der Waals surface area contributed by atoms with Gasteiger partial charge in [0, 0.05) is 31.3 Å². The minimum atomic E-state index is -2.65. The molecular weight excluding hydrogens is 256 g/mol. The highest BCUT2D eigenvalue weighted by Gasteiger charge is 2.39. The van der Waals surface area contributed by atoms with E-state index in [1.54, 1.807) is 13.8 Å². The summed E-state index contributed by atoms with van der Waals surface area (Å²) in [7, 11) is 0. The Morgan fingerprint density at radius 3 is 2.32 bits per heavy atom. The molecule has 19 heavy (non-hydrogen) atoms. The molecule has 1 saturated carbocycles. The zero-order valence-electron chi connectivity index (χ0n) is 11.4. The van der Waals surface area contributed by atoms with Crippen LogP contribution in [0.4, 0.5) is 8.78 Å². The Morgan fingerprint density at radius 2 is 1.89 bits per heavy atom. The highest BCUT2D eigenvalue weighted by atomic mass is 19.3. The Morgan fingerprint density at radius 1 is 1.37 bits per heavy atom. The fraction of sp³-hybridized carbons (Fsp3) is 0.846. The Labute approximate surface area is 111 Å². The molecule has 110 valence electrons. The molecule has 1 amide bonds. The first-order chi connectivity index (χ1) is 8.76. The van der Waals surface area contributed by atoms with Gasteiger partial charge in [0.1, 0.15) is 0 Å². The van der Waals surface area contributed by atoms with Gasteiger partial charge < -0.3 is 10.0 Å². The molecule has 1 unspecified atom stereocenters. The summed E-state index contributed by atoms with van der Waals surface area (Å²) in [6.45, 7) is 3.85. The van der Waals surface area contributed by atoms with Crippen molar-refractivity contribution in [3.63, 3.8) is 0 Å². The number of nitrogens with zero attached hydrogens (tertiary/aromatic N) is 1. The van der Waals surface area contributed by atoms with Crippen molar-refractivity contribution in [2.45, 2.75) is 57.9 Å². The van der Waals surface area contributed by atoms with Gasteiger partial charge in [0.15, 0.2) is 0 Å². The number of hydrogen-bond donors (Lipinski definition) is 1. The van der Waals surface area contributed by atoms with E-state index in [4.69, 9.17) is 5.11 Å². The Bertz CT molecular complexity index is 337. The lowest BCUT2D eigenvalue weighted by molar-refractivity contribution is -0.144. The second kappa shape index (κ2) is 6.30. The van der Waals surface area contributed by atoms with Crippen LogP contribution in [0.5, 0.6) is 0 Å². The highest BCUT2D eigenvalue weighted by molar-refractivity contribution is 5.80. The van der Waals surface area contributed by atoms with Crippen molar-refractivity contribution in [1.82, 2.24) is 4.90 Å². The van der Waals surface area contributed by atoms with E-state index in [0.717, 1.165) is 0 Å². The van der Waals surface area contributed by atoms with Crippen LogP contribution in [0.15, 0.2) is 0 Å². The fourth-order valence-corrected chi connectivity index (χ4v) is 2.57. The molecule has 0 aliphatic heterocycles. The van der Waals surface area contributed by atoms with Crippen molar-refractivity contribution in [3.05, 3.63) is 0 Å². The first-order valence-electron chi connectivity index (χ1n) is 6.67. The first kappa shape index (κ1) is 15.9. The summed E-state index contributed by atoms with van der Waals surface area (Å²) < 4.78 is 26.1. The third-order valence-corrected chi connectivity index (χ3v) is 3.69. The van der Waals surface area contributed by atoms with Gasteiger partial charge in [0.25, 0.3) is 0 Å². The number of amides is 1. The number of rotatable bonds is 5. The van der Waals surface area contributed by atoms with Crippen LogP contribution in [0, 0.1) is 5.92 Å². The largest absolute Gasteiger partial charge is 0.481 e. The summed E-state index contributed by atoms with van der Waals surface area (Å²) >= 11 is 0. The number of aliphatic carboxylic acids is 1. The van der Waals surface area contributed by atoms with Crippen LogP contribution in [-0.4, -0.2) is 40.4 Å². The second-order valence-corrected chi connectivity index (χ2v) is 5.20. The van der Waals surface area contributed by atoms with Crippen molar-refractivity contribution in [2.75, 3.05) is 6.54 Å². The molecule has 0 saturated heterocycles. The van der Waals surface area contributed by atoms with E-state index in [9.17, 15) is 18.4 Å². The lowest BCUT2D eigenvalue weighted by Crippen LogP contribution is -2.44. The van der Waals surface area contributed by atoms with E-state index in [1.807, 2.05) is 0 Å². The second-order valence-electron chi connectivity index (χ2n) is 5.20. The average molecular weight is 277 g/mol. The third-order valence-electron chi connectivity index (χ3n) is 3.69. The smallest absolute Gasteiger partial charge is 0.305 e. The number of hydrogen-bond acceptors (Lipinski definition) is 2. The maximum Gasteiger partial charge on any atom is 0.305 e. The van der Waals surface area contributed by atoms with Crippen LogP contribution in [0.25, 0.3) is 0 Å². The summed E-state index contributed by atoms with van der Waals surface area (Å²) in [5, 5.41) is 8.75. The summed E-state index contributed by atoms with van der Waals surface area (Å²) in [4.78, 5) is 24.4. The molecule has 1 N–H and O–H groups in total. The molecule has 0 aromatic carbocycles. The first-order valence-corrected chi connectivity index (χ1v) is 6.67. The van der Waals surface area contributed by atoms with Crippen molar-refractivity contribution in [3.8, 4) is 0 Å². The summed E-state index contributed by atoms with van der Waals surface area (Å²) in [5.74, 6) is -4.20. The predicted octanol–water partition coefficient (Wildman–Crippen LogP) is 2.52. The molecule has 0 spiro atoms. The molecular formula is C13H21F2NO3. The van der Waals surface area contributed by atoms with E-state index >= 15 is 0 Å². The minimum Gasteiger partial charge on any atom is -0.481 e. The maximum absolute atomic E-state index is 13.1. The number of carbonyl (C=O) groups is 2. The number of halogens is 2. The normalized spacial score (nSPS) is 20.8. The SMILES string of the molecule is CCN(C(=O)C1CCC(F)(F)CC1)C(C)CC(=O)O. The van der Waals surface area contributed by atoms with Gasteiger partial charge in [-0.05, 0) is 26.7 Å². The molecule has 6 heteroatoms. The van der Waals surface area contributed by atoms with E-state index in [1.165, 1.54) is 4.90 Å².